The summed E-state index contributed by atoms with van der Waals surface area (Å²) < 4.78 is 0.548. The van der Waals surface area contributed by atoms with E-state index in [2.05, 4.69) is 4.98 Å². The van der Waals surface area contributed by atoms with Crippen molar-refractivity contribution in [1.82, 2.24) is 9.88 Å². The van der Waals surface area contributed by atoms with Crippen molar-refractivity contribution in [2.24, 2.45) is 0 Å². The van der Waals surface area contributed by atoms with Crippen LogP contribution < -0.4 is 0 Å². The van der Waals surface area contributed by atoms with Crippen LogP contribution in [0.2, 0.25) is 4.47 Å². The summed E-state index contributed by atoms with van der Waals surface area (Å²) in [4.78, 5) is 18.7. The zero-order valence-electron chi connectivity index (χ0n) is 8.41. The number of nitrogens with zero attached hydrogens (tertiary/aromatic N) is 2. The van der Waals surface area contributed by atoms with E-state index in [1.54, 1.807) is 6.20 Å². The lowest BCUT2D eigenvalue weighted by Crippen LogP contribution is -2.29. The largest absolute Gasteiger partial charge is 0.337 e. The summed E-state index contributed by atoms with van der Waals surface area (Å²) in [5.74, 6) is 0.261. The standard InChI is InChI=1S/C10H13ClN2OS/c11-10-12-6-8(15-10)7-13-5-3-1-2-4-9(13)14/h6H,1-5,7H2. The van der Waals surface area contributed by atoms with Crippen molar-refractivity contribution in [1.29, 1.82) is 0 Å². The molecule has 5 heteroatoms. The molecule has 82 valence electrons. The average molecular weight is 245 g/mol. The molecular weight excluding hydrogens is 232 g/mol. The molecule has 0 unspecified atom stereocenters. The first kappa shape index (κ1) is 10.9. The van der Waals surface area contributed by atoms with Gasteiger partial charge in [0.2, 0.25) is 5.91 Å². The highest BCUT2D eigenvalue weighted by Gasteiger charge is 2.17. The quantitative estimate of drug-likeness (QED) is 0.802. The predicted octanol–water partition coefficient (Wildman–Crippen LogP) is 2.70. The summed E-state index contributed by atoms with van der Waals surface area (Å²) in [5, 5.41) is 0. The molecule has 1 aliphatic rings. The minimum Gasteiger partial charge on any atom is -0.337 e. The summed E-state index contributed by atoms with van der Waals surface area (Å²) in [6.07, 6.45) is 5.74. The summed E-state index contributed by atoms with van der Waals surface area (Å²) >= 11 is 7.20. The Bertz CT molecular complexity index is 353. The Labute approximate surface area is 98.1 Å². The van der Waals surface area contributed by atoms with Crippen LogP contribution >= 0.6 is 22.9 Å². The van der Waals surface area contributed by atoms with Crippen LogP contribution in [0.25, 0.3) is 0 Å². The minimum absolute atomic E-state index is 0.261. The van der Waals surface area contributed by atoms with Gasteiger partial charge in [-0.2, -0.15) is 0 Å². The van der Waals surface area contributed by atoms with Gasteiger partial charge in [0.15, 0.2) is 4.47 Å². The van der Waals surface area contributed by atoms with Gasteiger partial charge in [0.25, 0.3) is 0 Å². The Balaban J connectivity index is 2.00. The second-order valence-electron chi connectivity index (χ2n) is 3.71. The Hall–Kier alpha value is -0.610. The van der Waals surface area contributed by atoms with Crippen LogP contribution in [0, 0.1) is 0 Å². The topological polar surface area (TPSA) is 33.2 Å². The lowest BCUT2D eigenvalue weighted by Gasteiger charge is -2.18. The molecule has 15 heavy (non-hydrogen) atoms. The third kappa shape index (κ3) is 2.92. The van der Waals surface area contributed by atoms with Gasteiger partial charge in [0, 0.05) is 24.0 Å². The molecule has 0 spiro atoms. The van der Waals surface area contributed by atoms with Crippen molar-refractivity contribution >= 4 is 28.8 Å². The maximum absolute atomic E-state index is 11.7. The number of hydrogen-bond acceptors (Lipinski definition) is 3. The molecular formula is C10H13ClN2OS. The maximum Gasteiger partial charge on any atom is 0.222 e. The third-order valence-corrected chi connectivity index (χ3v) is 3.64. The van der Waals surface area contributed by atoms with Gasteiger partial charge in [-0.05, 0) is 12.8 Å². The fourth-order valence-electron chi connectivity index (χ4n) is 1.75. The van der Waals surface area contributed by atoms with Crippen molar-refractivity contribution in [3.8, 4) is 0 Å². The van der Waals surface area contributed by atoms with Crippen molar-refractivity contribution in [3.63, 3.8) is 0 Å². The number of amides is 1. The summed E-state index contributed by atoms with van der Waals surface area (Å²) in [7, 11) is 0. The molecule has 2 heterocycles. The molecule has 0 aliphatic carbocycles. The molecule has 0 saturated carbocycles. The Kier molecular flexibility index (Phi) is 3.59. The summed E-state index contributed by atoms with van der Waals surface area (Å²) in [6.45, 7) is 1.54. The van der Waals surface area contributed by atoms with Gasteiger partial charge in [-0.1, -0.05) is 18.0 Å². The van der Waals surface area contributed by atoms with Gasteiger partial charge in [0.05, 0.1) is 6.54 Å². The number of thiazole rings is 1. The molecule has 3 nitrogen and oxygen atoms in total. The highest BCUT2D eigenvalue weighted by atomic mass is 35.5. The zero-order chi connectivity index (χ0) is 10.7. The molecule has 0 bridgehead atoms. The highest BCUT2D eigenvalue weighted by molar-refractivity contribution is 7.15. The first-order valence-corrected chi connectivity index (χ1v) is 6.33. The second kappa shape index (κ2) is 4.94. The second-order valence-corrected chi connectivity index (χ2v) is 5.40. The zero-order valence-corrected chi connectivity index (χ0v) is 9.98. The van der Waals surface area contributed by atoms with E-state index in [1.165, 1.54) is 11.3 Å². The lowest BCUT2D eigenvalue weighted by atomic mass is 10.2. The fourth-order valence-corrected chi connectivity index (χ4v) is 2.74. The Morgan fingerprint density at radius 2 is 2.33 bits per heavy atom. The monoisotopic (exact) mass is 244 g/mol. The van der Waals surface area contributed by atoms with E-state index in [4.69, 9.17) is 11.6 Å². The van der Waals surface area contributed by atoms with Gasteiger partial charge in [-0.25, -0.2) is 4.98 Å². The molecule has 1 aliphatic heterocycles. The maximum atomic E-state index is 11.7. The van der Waals surface area contributed by atoms with Gasteiger partial charge in [0.1, 0.15) is 0 Å². The number of likely N-dealkylation sites (tertiary alicyclic amines) is 1. The van der Waals surface area contributed by atoms with Crippen molar-refractivity contribution in [2.45, 2.75) is 32.2 Å². The summed E-state index contributed by atoms with van der Waals surface area (Å²) in [5.41, 5.74) is 0. The van der Waals surface area contributed by atoms with Gasteiger partial charge < -0.3 is 4.90 Å². The third-order valence-electron chi connectivity index (χ3n) is 2.54. The minimum atomic E-state index is 0.261. The SMILES string of the molecule is O=C1CCCCCN1Cc1cnc(Cl)s1. The van der Waals surface area contributed by atoms with E-state index >= 15 is 0 Å². The van der Waals surface area contributed by atoms with E-state index in [1.807, 2.05) is 4.90 Å². The normalized spacial score (nSPS) is 17.9. The first-order chi connectivity index (χ1) is 7.25. The van der Waals surface area contributed by atoms with Crippen LogP contribution in [0.3, 0.4) is 0 Å². The van der Waals surface area contributed by atoms with Crippen molar-refractivity contribution < 1.29 is 4.79 Å². The number of carbonyl (C=O) groups is 1. The smallest absolute Gasteiger partial charge is 0.222 e. The molecule has 1 aromatic heterocycles. The van der Waals surface area contributed by atoms with Crippen LogP contribution in [0.1, 0.15) is 30.6 Å². The van der Waals surface area contributed by atoms with Gasteiger partial charge in [-0.15, -0.1) is 11.3 Å². The molecule has 1 amide bonds. The molecule has 0 atom stereocenters. The number of hydrogen-bond donors (Lipinski definition) is 0. The van der Waals surface area contributed by atoms with Crippen LogP contribution in [-0.2, 0) is 11.3 Å². The lowest BCUT2D eigenvalue weighted by molar-refractivity contribution is -0.131. The number of rotatable bonds is 2. The van der Waals surface area contributed by atoms with Gasteiger partial charge >= 0.3 is 0 Å². The molecule has 1 fully saturated rings. The fraction of sp³-hybridized carbons (Fsp3) is 0.600. The van der Waals surface area contributed by atoms with E-state index in [-0.39, 0.29) is 5.91 Å². The van der Waals surface area contributed by atoms with E-state index in [0.29, 0.717) is 17.4 Å². The molecule has 0 aromatic carbocycles. The van der Waals surface area contributed by atoms with Crippen LogP contribution in [0.4, 0.5) is 0 Å². The van der Waals surface area contributed by atoms with Crippen LogP contribution in [-0.4, -0.2) is 22.3 Å². The molecule has 0 N–H and O–H groups in total. The molecule has 2 rings (SSSR count). The van der Waals surface area contributed by atoms with Crippen LogP contribution in [0.15, 0.2) is 6.20 Å². The number of carbonyl (C=O) groups excluding carboxylic acids is 1. The summed E-state index contributed by atoms with van der Waals surface area (Å²) in [6, 6.07) is 0. The predicted molar refractivity (Wildman–Crippen MR) is 61.0 cm³/mol. The number of aromatic nitrogens is 1. The van der Waals surface area contributed by atoms with Crippen molar-refractivity contribution in [2.75, 3.05) is 6.54 Å². The average Bonchev–Trinajstić information content (AvgIpc) is 2.50. The Morgan fingerprint density at radius 3 is 3.07 bits per heavy atom. The number of halogens is 1. The van der Waals surface area contributed by atoms with Crippen LogP contribution in [0.5, 0.6) is 0 Å². The van der Waals surface area contributed by atoms with E-state index < -0.39 is 0 Å². The van der Waals surface area contributed by atoms with E-state index in [0.717, 1.165) is 30.7 Å². The first-order valence-electron chi connectivity index (χ1n) is 5.14. The van der Waals surface area contributed by atoms with E-state index in [9.17, 15) is 4.79 Å². The highest BCUT2D eigenvalue weighted by Crippen LogP contribution is 2.21. The Morgan fingerprint density at radius 1 is 1.47 bits per heavy atom. The van der Waals surface area contributed by atoms with Gasteiger partial charge in [-0.3, -0.25) is 4.79 Å². The molecule has 0 radical (unpaired) electrons. The molecule has 1 aromatic rings. The van der Waals surface area contributed by atoms with Crippen molar-refractivity contribution in [3.05, 3.63) is 15.5 Å². The molecule has 1 saturated heterocycles.